The molecule has 6 nitrogen and oxygen atoms in total. The van der Waals surface area contributed by atoms with Crippen LogP contribution in [-0.2, 0) is 18.9 Å². The van der Waals surface area contributed by atoms with E-state index < -0.39 is 12.1 Å². The molecule has 0 aliphatic heterocycles. The first-order valence-electron chi connectivity index (χ1n) is 10.2. The Bertz CT molecular complexity index is 1160. The van der Waals surface area contributed by atoms with Gasteiger partial charge in [-0.1, -0.05) is 31.5 Å². The van der Waals surface area contributed by atoms with Gasteiger partial charge in [-0.2, -0.15) is 0 Å². The molecular formula is C22H25F2N5O. The Morgan fingerprint density at radius 3 is 2.90 bits per heavy atom. The lowest BCUT2D eigenvalue weighted by Gasteiger charge is -2.20. The fraction of sp³-hybridized carbons (Fsp3) is 0.409. The molecule has 0 radical (unpaired) electrons. The maximum absolute atomic E-state index is 14.1. The number of halogens is 2. The Labute approximate surface area is 173 Å². The van der Waals surface area contributed by atoms with Gasteiger partial charge in [-0.15, -0.1) is 0 Å². The van der Waals surface area contributed by atoms with E-state index in [1.165, 1.54) is 12.1 Å². The van der Waals surface area contributed by atoms with Gasteiger partial charge in [0, 0.05) is 30.8 Å². The quantitative estimate of drug-likeness (QED) is 0.597. The minimum atomic E-state index is -2.82. The summed E-state index contributed by atoms with van der Waals surface area (Å²) in [7, 11) is 0. The summed E-state index contributed by atoms with van der Waals surface area (Å²) in [6.45, 7) is 4.40. The summed E-state index contributed by atoms with van der Waals surface area (Å²) in [6, 6.07) is 6.35. The monoisotopic (exact) mass is 413 g/mol. The summed E-state index contributed by atoms with van der Waals surface area (Å²) >= 11 is 0. The zero-order valence-electron chi connectivity index (χ0n) is 17.1. The minimum absolute atomic E-state index is 0.0504. The van der Waals surface area contributed by atoms with Crippen molar-refractivity contribution in [2.24, 2.45) is 5.73 Å². The lowest BCUT2D eigenvalue weighted by Crippen LogP contribution is -2.24. The zero-order chi connectivity index (χ0) is 21.5. The van der Waals surface area contributed by atoms with Crippen LogP contribution in [0.15, 0.2) is 35.3 Å². The lowest BCUT2D eigenvalue weighted by atomic mass is 10.0. The third-order valence-corrected chi connectivity index (χ3v) is 5.59. The Morgan fingerprint density at radius 1 is 1.33 bits per heavy atom. The first kappa shape index (κ1) is 20.4. The van der Waals surface area contributed by atoms with Crippen molar-refractivity contribution in [1.82, 2.24) is 14.5 Å². The zero-order valence-corrected chi connectivity index (χ0v) is 17.1. The van der Waals surface area contributed by atoms with E-state index >= 15 is 0 Å². The van der Waals surface area contributed by atoms with Gasteiger partial charge >= 0.3 is 0 Å². The molecule has 3 N–H and O–H groups in total. The summed E-state index contributed by atoms with van der Waals surface area (Å²) < 4.78 is 29.9. The number of aryl methyl sites for hydroxylation is 2. The van der Waals surface area contributed by atoms with E-state index in [1.54, 1.807) is 29.8 Å². The predicted molar refractivity (Wildman–Crippen MR) is 113 cm³/mol. The number of hydrogen-bond donors (Lipinski definition) is 2. The number of anilines is 1. The van der Waals surface area contributed by atoms with Crippen molar-refractivity contribution in [2.75, 3.05) is 5.32 Å². The minimum Gasteiger partial charge on any atom is -0.350 e. The van der Waals surface area contributed by atoms with E-state index in [2.05, 4.69) is 22.2 Å². The summed E-state index contributed by atoms with van der Waals surface area (Å²) in [5.41, 5.74) is 8.08. The van der Waals surface area contributed by atoms with Crippen LogP contribution in [0.4, 0.5) is 14.6 Å². The molecule has 1 aliphatic rings. The standard InChI is InChI=1S/C22H25F2N5O/c1-3-4-10-29-12-16-18(11-19(29)30)26-13(2)27-21(16)28-20(25)15-6-5-7-17-14(15)8-9-22(17,23)24/h5-7,11-12,20H,3-4,8-10,25H2,1-2H3,(H,26,27,28). The molecule has 1 aromatic carbocycles. The highest BCUT2D eigenvalue weighted by atomic mass is 19.3. The van der Waals surface area contributed by atoms with Crippen LogP contribution < -0.4 is 16.6 Å². The number of benzene rings is 1. The number of hydrogen-bond acceptors (Lipinski definition) is 5. The van der Waals surface area contributed by atoms with Crippen LogP contribution in [0, 0.1) is 6.92 Å². The van der Waals surface area contributed by atoms with Crippen LogP contribution in [0.3, 0.4) is 0 Å². The Kier molecular flexibility index (Phi) is 5.27. The average molecular weight is 413 g/mol. The van der Waals surface area contributed by atoms with Crippen LogP contribution in [0.5, 0.6) is 0 Å². The third-order valence-electron chi connectivity index (χ3n) is 5.59. The fourth-order valence-electron chi connectivity index (χ4n) is 4.03. The van der Waals surface area contributed by atoms with Crippen LogP contribution in [0.2, 0.25) is 0 Å². The van der Waals surface area contributed by atoms with Gasteiger partial charge < -0.3 is 15.6 Å². The summed E-state index contributed by atoms with van der Waals surface area (Å²) in [5, 5.41) is 3.84. The van der Waals surface area contributed by atoms with Crippen molar-refractivity contribution in [2.45, 2.75) is 58.2 Å². The van der Waals surface area contributed by atoms with E-state index in [1.807, 2.05) is 0 Å². The Hall–Kier alpha value is -2.87. The molecule has 0 saturated heterocycles. The number of alkyl halides is 2. The second kappa shape index (κ2) is 7.75. The first-order valence-corrected chi connectivity index (χ1v) is 10.2. The molecule has 2 aromatic heterocycles. The molecule has 8 heteroatoms. The van der Waals surface area contributed by atoms with Gasteiger partial charge in [-0.3, -0.25) is 4.79 Å². The van der Waals surface area contributed by atoms with Gasteiger partial charge in [-0.05, 0) is 30.9 Å². The number of unbranched alkanes of at least 4 members (excludes halogenated alkanes) is 1. The largest absolute Gasteiger partial charge is 0.350 e. The van der Waals surface area contributed by atoms with Crippen molar-refractivity contribution in [3.05, 3.63) is 63.3 Å². The number of pyridine rings is 1. The molecule has 1 unspecified atom stereocenters. The number of fused-ring (bicyclic) bond motifs is 2. The van der Waals surface area contributed by atoms with Gasteiger partial charge in [0.25, 0.3) is 11.5 Å². The molecule has 1 atom stereocenters. The second-order valence-corrected chi connectivity index (χ2v) is 7.78. The highest BCUT2D eigenvalue weighted by Gasteiger charge is 2.40. The topological polar surface area (TPSA) is 85.8 Å². The Balaban J connectivity index is 1.74. The predicted octanol–water partition coefficient (Wildman–Crippen LogP) is 4.01. The van der Waals surface area contributed by atoms with Crippen molar-refractivity contribution in [1.29, 1.82) is 0 Å². The van der Waals surface area contributed by atoms with Crippen LogP contribution >= 0.6 is 0 Å². The van der Waals surface area contributed by atoms with E-state index in [-0.39, 0.29) is 24.0 Å². The first-order chi connectivity index (χ1) is 14.3. The fourth-order valence-corrected chi connectivity index (χ4v) is 4.03. The molecule has 0 amide bonds. The number of nitrogens with two attached hydrogens (primary N) is 1. The second-order valence-electron chi connectivity index (χ2n) is 7.78. The molecular weight excluding hydrogens is 388 g/mol. The van der Waals surface area contributed by atoms with E-state index in [0.717, 1.165) is 12.8 Å². The molecule has 1 aliphatic carbocycles. The molecule has 4 rings (SSSR count). The lowest BCUT2D eigenvalue weighted by molar-refractivity contribution is -0.00184. The van der Waals surface area contributed by atoms with Crippen molar-refractivity contribution < 1.29 is 8.78 Å². The van der Waals surface area contributed by atoms with Crippen LogP contribution in [0.1, 0.15) is 54.9 Å². The van der Waals surface area contributed by atoms with E-state index in [4.69, 9.17) is 5.73 Å². The Morgan fingerprint density at radius 2 is 2.13 bits per heavy atom. The summed E-state index contributed by atoms with van der Waals surface area (Å²) in [6.07, 6.45) is 2.95. The number of aromatic nitrogens is 3. The number of nitrogens with zero attached hydrogens (tertiary/aromatic N) is 3. The molecule has 0 spiro atoms. The molecule has 158 valence electrons. The van der Waals surface area contributed by atoms with Gasteiger partial charge in [0.15, 0.2) is 0 Å². The average Bonchev–Trinajstić information content (AvgIpc) is 3.01. The van der Waals surface area contributed by atoms with Gasteiger partial charge in [0.05, 0.1) is 10.9 Å². The van der Waals surface area contributed by atoms with Gasteiger partial charge in [0.2, 0.25) is 0 Å². The molecule has 0 fully saturated rings. The van der Waals surface area contributed by atoms with Gasteiger partial charge in [0.1, 0.15) is 17.8 Å². The summed E-state index contributed by atoms with van der Waals surface area (Å²) in [4.78, 5) is 21.2. The molecule has 2 heterocycles. The van der Waals surface area contributed by atoms with E-state index in [9.17, 15) is 13.6 Å². The normalized spacial score (nSPS) is 15.9. The molecule has 0 saturated carbocycles. The molecule has 0 bridgehead atoms. The number of nitrogens with one attached hydrogen (secondary N) is 1. The maximum atomic E-state index is 14.1. The van der Waals surface area contributed by atoms with Crippen molar-refractivity contribution in [3.63, 3.8) is 0 Å². The maximum Gasteiger partial charge on any atom is 0.273 e. The SMILES string of the molecule is CCCCn1cc2c(NC(N)c3cccc4c3CCC4(F)F)nc(C)nc2cc1=O. The molecule has 30 heavy (non-hydrogen) atoms. The molecule has 3 aromatic rings. The van der Waals surface area contributed by atoms with Crippen molar-refractivity contribution >= 4 is 16.7 Å². The van der Waals surface area contributed by atoms with E-state index in [0.29, 0.717) is 40.2 Å². The summed E-state index contributed by atoms with van der Waals surface area (Å²) in [5.74, 6) is -1.84. The smallest absolute Gasteiger partial charge is 0.273 e. The van der Waals surface area contributed by atoms with Crippen LogP contribution in [0.25, 0.3) is 10.9 Å². The third kappa shape index (κ3) is 3.67. The number of rotatable bonds is 6. The van der Waals surface area contributed by atoms with Crippen molar-refractivity contribution in [3.8, 4) is 0 Å². The highest BCUT2D eigenvalue weighted by Crippen LogP contribution is 2.43. The van der Waals surface area contributed by atoms with Crippen LogP contribution in [-0.4, -0.2) is 14.5 Å². The van der Waals surface area contributed by atoms with Gasteiger partial charge in [-0.25, -0.2) is 18.7 Å². The highest BCUT2D eigenvalue weighted by molar-refractivity contribution is 5.88.